The van der Waals surface area contributed by atoms with E-state index in [1.807, 2.05) is 0 Å². The Kier molecular flexibility index (Phi) is 7.55. The second kappa shape index (κ2) is 13.6. The third-order valence-electron chi connectivity index (χ3n) is 15.4. The van der Waals surface area contributed by atoms with E-state index >= 15 is 0 Å². The highest BCUT2D eigenvalue weighted by Crippen LogP contribution is 2.51. The van der Waals surface area contributed by atoms with E-state index in [4.69, 9.17) is 9.47 Å². The zero-order chi connectivity index (χ0) is 42.3. The number of hydrogen-bond donors (Lipinski definition) is 0. The van der Waals surface area contributed by atoms with E-state index in [0.717, 1.165) is 81.2 Å². The topological polar surface area (TPSA) is 31.4 Å². The first-order valence-corrected chi connectivity index (χ1v) is 23.7. The highest BCUT2D eigenvalue weighted by Gasteiger charge is 2.49. The van der Waals surface area contributed by atoms with Gasteiger partial charge in [0.2, 0.25) is 0 Å². The summed E-state index contributed by atoms with van der Waals surface area (Å²) in [7, 11) is 0. The second-order valence-corrected chi connectivity index (χ2v) is 18.8. The lowest BCUT2D eigenvalue weighted by molar-refractivity contribution is 0.487. The van der Waals surface area contributed by atoms with Crippen molar-refractivity contribution >= 4 is 97.4 Å². The molecule has 7 aliphatic rings. The van der Waals surface area contributed by atoms with Gasteiger partial charge in [-0.1, -0.05) is 97.1 Å². The smallest absolute Gasteiger partial charge is 0.256 e. The van der Waals surface area contributed by atoms with Crippen LogP contribution in [0.3, 0.4) is 0 Å². The summed E-state index contributed by atoms with van der Waals surface area (Å²) in [6.07, 6.45) is 6.48. The number of hydrogen-bond acceptors (Lipinski definition) is 6. The Balaban J connectivity index is 1.01. The van der Waals surface area contributed by atoms with Crippen LogP contribution in [0.4, 0.5) is 51.2 Å². The molecule has 15 rings (SSSR count). The van der Waals surface area contributed by atoms with Crippen LogP contribution >= 0.6 is 0 Å². The molecule has 0 saturated heterocycles. The Bertz CT molecular complexity index is 3340. The fourth-order valence-corrected chi connectivity index (χ4v) is 12.8. The van der Waals surface area contributed by atoms with Crippen LogP contribution in [-0.4, -0.2) is 33.1 Å². The summed E-state index contributed by atoms with van der Waals surface area (Å²) in [4.78, 5) is 10.4. The number of rotatable bonds is 3. The number of aryl methyl sites for hydroxylation is 2. The summed E-state index contributed by atoms with van der Waals surface area (Å²) in [5, 5.41) is 0. The molecule has 7 aliphatic heterocycles. The van der Waals surface area contributed by atoms with E-state index in [1.54, 1.807) is 0 Å². The molecule has 0 atom stereocenters. The molecule has 0 fully saturated rings. The van der Waals surface area contributed by atoms with Crippen molar-refractivity contribution in [2.45, 2.75) is 38.5 Å². The molecule has 0 bridgehead atoms. The lowest BCUT2D eigenvalue weighted by atomic mass is 9.30. The number of anilines is 9. The van der Waals surface area contributed by atoms with Crippen LogP contribution < -0.4 is 61.9 Å². The molecule has 0 amide bonds. The summed E-state index contributed by atoms with van der Waals surface area (Å²) in [6.45, 7) is 2.89. The van der Waals surface area contributed by atoms with Crippen molar-refractivity contribution in [2.24, 2.45) is 0 Å². The van der Waals surface area contributed by atoms with Crippen molar-refractivity contribution in [3.05, 3.63) is 174 Å². The molecule has 310 valence electrons. The summed E-state index contributed by atoms with van der Waals surface area (Å²) in [5.74, 6) is 3.81. The molecule has 0 spiro atoms. The lowest BCUT2D eigenvalue weighted by Crippen LogP contribution is -2.65. The number of fused-ring (bicyclic) bond motifs is 11. The Labute approximate surface area is 380 Å². The van der Waals surface area contributed by atoms with Crippen molar-refractivity contribution in [2.75, 3.05) is 39.2 Å². The summed E-state index contributed by atoms with van der Waals surface area (Å²) in [5.41, 5.74) is 23.3. The van der Waals surface area contributed by atoms with Gasteiger partial charge >= 0.3 is 0 Å². The average Bonchev–Trinajstić information content (AvgIpc) is 3.37. The minimum absolute atomic E-state index is 0.0166. The van der Waals surface area contributed by atoms with Crippen molar-refractivity contribution in [3.63, 3.8) is 0 Å². The predicted octanol–water partition coefficient (Wildman–Crippen LogP) is 9.28. The van der Waals surface area contributed by atoms with E-state index in [1.165, 1.54) is 101 Å². The number of ether oxygens (including phenoxy) is 2. The Morgan fingerprint density at radius 1 is 0.369 bits per heavy atom. The SMILES string of the molecule is c1ccc(N2c3cc(N4CCCc5ccccc54)cc4c3B(c3ccccc3O4)c3cc4c5c(c32)CCCN5c2cc(N3CCCc5ccccc53)cc3c2B4c2ccccc2O3)cc1. The molecule has 0 radical (unpaired) electrons. The van der Waals surface area contributed by atoms with E-state index < -0.39 is 0 Å². The van der Waals surface area contributed by atoms with Gasteiger partial charge in [-0.15, -0.1) is 0 Å². The van der Waals surface area contributed by atoms with Gasteiger partial charge in [0.05, 0.1) is 0 Å². The third-order valence-corrected chi connectivity index (χ3v) is 15.4. The predicted molar refractivity (Wildman–Crippen MR) is 269 cm³/mol. The summed E-state index contributed by atoms with van der Waals surface area (Å²) >= 11 is 0. The van der Waals surface area contributed by atoms with Gasteiger partial charge in [-0.2, -0.15) is 0 Å². The Morgan fingerprint density at radius 2 is 0.877 bits per heavy atom. The standard InChI is InChI=1S/C57H44B2N4O2/c1-2-19-38(20-3-1)63-49-32-40(61-29-13-18-37-16-5-9-25-47(37)61)34-53-55(49)59(43-23-7-11-27-51(43)65-53)45-35-44-56-41(57(45)63)21-14-30-62(56)48-31-39(60-28-12-17-36-15-4-8-24-46(36)60)33-52-54(48)58(44)42-22-6-10-26-50(42)64-52/h1-11,15-16,19-20,22-27,31-35H,12-14,17-18,21,28-30H2. The molecule has 8 heteroatoms. The molecule has 65 heavy (non-hydrogen) atoms. The van der Waals surface area contributed by atoms with Crippen LogP contribution in [-0.2, 0) is 19.3 Å². The first-order valence-electron chi connectivity index (χ1n) is 23.7. The van der Waals surface area contributed by atoms with Gasteiger partial charge in [0.15, 0.2) is 0 Å². The summed E-state index contributed by atoms with van der Waals surface area (Å²) in [6, 6.07) is 58.9. The normalized spacial score (nSPS) is 16.4. The Morgan fingerprint density at radius 3 is 1.52 bits per heavy atom. The minimum atomic E-state index is -0.0166. The van der Waals surface area contributed by atoms with Crippen LogP contribution in [0.2, 0.25) is 0 Å². The summed E-state index contributed by atoms with van der Waals surface area (Å²) < 4.78 is 14.2. The van der Waals surface area contributed by atoms with Crippen LogP contribution in [0.15, 0.2) is 158 Å². The largest absolute Gasteiger partial charge is 0.458 e. The molecule has 8 aromatic carbocycles. The quantitative estimate of drug-likeness (QED) is 0.165. The van der Waals surface area contributed by atoms with Crippen molar-refractivity contribution < 1.29 is 9.47 Å². The van der Waals surface area contributed by atoms with Crippen molar-refractivity contribution in [1.82, 2.24) is 0 Å². The van der Waals surface area contributed by atoms with Crippen molar-refractivity contribution in [3.8, 4) is 23.0 Å². The van der Waals surface area contributed by atoms with Gasteiger partial charge in [-0.3, -0.25) is 0 Å². The van der Waals surface area contributed by atoms with E-state index in [2.05, 4.69) is 177 Å². The van der Waals surface area contributed by atoms with Crippen LogP contribution in [0, 0.1) is 0 Å². The zero-order valence-corrected chi connectivity index (χ0v) is 36.1. The van der Waals surface area contributed by atoms with Crippen molar-refractivity contribution in [1.29, 1.82) is 0 Å². The minimum Gasteiger partial charge on any atom is -0.458 e. The number of para-hydroxylation sites is 5. The third kappa shape index (κ3) is 5.08. The average molecular weight is 839 g/mol. The molecular weight excluding hydrogens is 794 g/mol. The van der Waals surface area contributed by atoms with Crippen LogP contribution in [0.25, 0.3) is 0 Å². The lowest BCUT2D eigenvalue weighted by Gasteiger charge is -2.48. The molecule has 8 aromatic rings. The van der Waals surface area contributed by atoms with E-state index in [0.29, 0.717) is 0 Å². The molecule has 0 N–H and O–H groups in total. The maximum Gasteiger partial charge on any atom is 0.256 e. The molecule has 0 saturated carbocycles. The van der Waals surface area contributed by atoms with Crippen LogP contribution in [0.5, 0.6) is 23.0 Å². The highest BCUT2D eigenvalue weighted by molar-refractivity contribution is 7.02. The van der Waals surface area contributed by atoms with E-state index in [9.17, 15) is 0 Å². The van der Waals surface area contributed by atoms with Gasteiger partial charge < -0.3 is 29.1 Å². The van der Waals surface area contributed by atoms with Gasteiger partial charge in [0.25, 0.3) is 13.4 Å². The molecule has 0 unspecified atom stereocenters. The Hall–Kier alpha value is -7.31. The zero-order valence-electron chi connectivity index (χ0n) is 36.1. The molecule has 0 aromatic heterocycles. The molecule has 7 heterocycles. The van der Waals surface area contributed by atoms with Gasteiger partial charge in [-0.05, 0) is 137 Å². The fourth-order valence-electron chi connectivity index (χ4n) is 12.8. The van der Waals surface area contributed by atoms with E-state index in [-0.39, 0.29) is 13.4 Å². The molecule has 0 aliphatic carbocycles. The first-order chi connectivity index (χ1) is 32.2. The molecule has 6 nitrogen and oxygen atoms in total. The van der Waals surface area contributed by atoms with Crippen LogP contribution in [0.1, 0.15) is 36.0 Å². The maximum absolute atomic E-state index is 7.10. The van der Waals surface area contributed by atoms with Gasteiger partial charge in [0, 0.05) is 83.0 Å². The highest BCUT2D eigenvalue weighted by atomic mass is 16.5. The second-order valence-electron chi connectivity index (χ2n) is 18.8. The first kappa shape index (κ1) is 36.1. The molecular formula is C57H44B2N4O2. The fraction of sp³-hybridized carbons (Fsp3) is 0.158. The number of benzene rings is 8. The number of nitrogens with zero attached hydrogens (tertiary/aromatic N) is 4. The van der Waals surface area contributed by atoms with Gasteiger partial charge in [0.1, 0.15) is 23.0 Å². The maximum atomic E-state index is 7.10. The monoisotopic (exact) mass is 838 g/mol. The van der Waals surface area contributed by atoms with Gasteiger partial charge in [-0.25, -0.2) is 0 Å².